The van der Waals surface area contributed by atoms with Crippen LogP contribution >= 0.6 is 0 Å². The molecule has 0 spiro atoms. The van der Waals surface area contributed by atoms with Gasteiger partial charge in [-0.15, -0.1) is 5.10 Å². The van der Waals surface area contributed by atoms with Gasteiger partial charge < -0.3 is 19.5 Å². The second-order valence-electron chi connectivity index (χ2n) is 7.27. The predicted octanol–water partition coefficient (Wildman–Crippen LogP) is 4.55. The number of carbonyl (C=O) groups excluding carboxylic acids is 1. The first kappa shape index (κ1) is 20.5. The summed E-state index contributed by atoms with van der Waals surface area (Å²) >= 11 is 0. The van der Waals surface area contributed by atoms with Crippen LogP contribution in [0.3, 0.4) is 0 Å². The van der Waals surface area contributed by atoms with Crippen molar-refractivity contribution in [3.05, 3.63) is 66.2 Å². The van der Waals surface area contributed by atoms with Gasteiger partial charge in [0.15, 0.2) is 0 Å². The molecule has 1 amide bonds. The predicted molar refractivity (Wildman–Crippen MR) is 120 cm³/mol. The standard InChI is InChI=1S/C24H25N3O4/c1-15(25-21-11-7-9-17-8-5-6-10-19(17)21)23-26-27(16(2)28)24(31-23)20-13-12-18(29-3)14-22(20)30-4/h5-15,24-25H,1-4H3/t15-,24-/m1/s1. The maximum atomic E-state index is 12.3. The first-order valence-electron chi connectivity index (χ1n) is 10.0. The number of hydrogen-bond acceptors (Lipinski definition) is 6. The Morgan fingerprint density at radius 2 is 1.87 bits per heavy atom. The maximum absolute atomic E-state index is 12.3. The fourth-order valence-corrected chi connectivity index (χ4v) is 3.63. The fourth-order valence-electron chi connectivity index (χ4n) is 3.63. The van der Waals surface area contributed by atoms with Crippen LogP contribution < -0.4 is 14.8 Å². The van der Waals surface area contributed by atoms with Crippen molar-refractivity contribution in [1.29, 1.82) is 0 Å². The zero-order chi connectivity index (χ0) is 22.0. The van der Waals surface area contributed by atoms with E-state index in [2.05, 4.69) is 28.6 Å². The molecule has 0 saturated carbocycles. The Kier molecular flexibility index (Phi) is 5.66. The lowest BCUT2D eigenvalue weighted by Gasteiger charge is -2.22. The average molecular weight is 419 g/mol. The SMILES string of the molecule is COc1ccc([C@H]2OC([C@@H](C)Nc3cccc4ccccc34)=NN2C(C)=O)c(OC)c1. The molecule has 0 aromatic heterocycles. The van der Waals surface area contributed by atoms with E-state index in [1.165, 1.54) is 11.9 Å². The van der Waals surface area contributed by atoms with E-state index in [0.29, 0.717) is 23.0 Å². The van der Waals surface area contributed by atoms with E-state index in [1.807, 2.05) is 37.3 Å². The molecule has 4 rings (SSSR count). The third-order valence-electron chi connectivity index (χ3n) is 5.22. The van der Waals surface area contributed by atoms with E-state index < -0.39 is 6.23 Å². The van der Waals surface area contributed by atoms with Gasteiger partial charge in [-0.3, -0.25) is 4.79 Å². The molecule has 7 heteroatoms. The number of nitrogens with one attached hydrogen (secondary N) is 1. The van der Waals surface area contributed by atoms with Crippen molar-refractivity contribution < 1.29 is 19.0 Å². The first-order chi connectivity index (χ1) is 15.0. The minimum absolute atomic E-state index is 0.227. The molecule has 1 aliphatic rings. The van der Waals surface area contributed by atoms with Crippen molar-refractivity contribution in [3.63, 3.8) is 0 Å². The summed E-state index contributed by atoms with van der Waals surface area (Å²) < 4.78 is 16.9. The molecular formula is C24H25N3O4. The van der Waals surface area contributed by atoms with Crippen LogP contribution in [0.15, 0.2) is 65.8 Å². The van der Waals surface area contributed by atoms with Crippen LogP contribution in [0.5, 0.6) is 11.5 Å². The number of amides is 1. The number of benzene rings is 3. The molecule has 1 heterocycles. The smallest absolute Gasteiger partial charge is 0.243 e. The summed E-state index contributed by atoms with van der Waals surface area (Å²) in [4.78, 5) is 12.3. The average Bonchev–Trinajstić information content (AvgIpc) is 3.24. The van der Waals surface area contributed by atoms with Crippen molar-refractivity contribution in [1.82, 2.24) is 5.01 Å². The monoisotopic (exact) mass is 419 g/mol. The highest BCUT2D eigenvalue weighted by Crippen LogP contribution is 2.37. The van der Waals surface area contributed by atoms with Crippen LogP contribution in [0.4, 0.5) is 5.69 Å². The molecule has 0 bridgehead atoms. The van der Waals surface area contributed by atoms with Gasteiger partial charge in [0.2, 0.25) is 18.0 Å². The van der Waals surface area contributed by atoms with Crippen molar-refractivity contribution in [3.8, 4) is 11.5 Å². The van der Waals surface area contributed by atoms with Gasteiger partial charge in [-0.2, -0.15) is 5.01 Å². The molecule has 31 heavy (non-hydrogen) atoms. The minimum Gasteiger partial charge on any atom is -0.497 e. The van der Waals surface area contributed by atoms with Gasteiger partial charge in [-0.05, 0) is 30.5 Å². The molecular weight excluding hydrogens is 394 g/mol. The molecule has 0 saturated heterocycles. The molecule has 0 aliphatic carbocycles. The molecule has 0 unspecified atom stereocenters. The lowest BCUT2D eigenvalue weighted by atomic mass is 10.1. The van der Waals surface area contributed by atoms with E-state index in [9.17, 15) is 4.79 Å². The topological polar surface area (TPSA) is 72.4 Å². The Balaban J connectivity index is 1.61. The molecule has 3 aromatic rings. The van der Waals surface area contributed by atoms with Gasteiger partial charge in [0.1, 0.15) is 17.5 Å². The number of fused-ring (bicyclic) bond motifs is 1. The van der Waals surface area contributed by atoms with Crippen molar-refractivity contribution >= 4 is 28.3 Å². The fraction of sp³-hybridized carbons (Fsp3) is 0.250. The van der Waals surface area contributed by atoms with Gasteiger partial charge in [-0.1, -0.05) is 36.4 Å². The Morgan fingerprint density at radius 3 is 2.61 bits per heavy atom. The molecule has 2 atom stereocenters. The Bertz CT molecular complexity index is 1140. The van der Waals surface area contributed by atoms with Crippen molar-refractivity contribution in [2.45, 2.75) is 26.1 Å². The van der Waals surface area contributed by atoms with Crippen LogP contribution in [0.1, 0.15) is 25.6 Å². The van der Waals surface area contributed by atoms with Gasteiger partial charge in [0.25, 0.3) is 0 Å². The third kappa shape index (κ3) is 3.99. The zero-order valence-corrected chi connectivity index (χ0v) is 18.0. The first-order valence-corrected chi connectivity index (χ1v) is 10.0. The summed E-state index contributed by atoms with van der Waals surface area (Å²) in [6.45, 7) is 3.41. The number of carbonyl (C=O) groups is 1. The number of ether oxygens (including phenoxy) is 3. The van der Waals surface area contributed by atoms with Gasteiger partial charge >= 0.3 is 0 Å². The summed E-state index contributed by atoms with van der Waals surface area (Å²) in [5, 5.41) is 11.5. The summed E-state index contributed by atoms with van der Waals surface area (Å²) in [6, 6.07) is 19.3. The quantitative estimate of drug-likeness (QED) is 0.635. The van der Waals surface area contributed by atoms with Crippen LogP contribution in [-0.2, 0) is 9.53 Å². The number of anilines is 1. The number of nitrogens with zero attached hydrogens (tertiary/aromatic N) is 2. The lowest BCUT2D eigenvalue weighted by molar-refractivity contribution is -0.135. The summed E-state index contributed by atoms with van der Waals surface area (Å²) in [6.07, 6.45) is -0.717. The van der Waals surface area contributed by atoms with Crippen LogP contribution in [0, 0.1) is 0 Å². The highest BCUT2D eigenvalue weighted by atomic mass is 16.5. The van der Waals surface area contributed by atoms with E-state index in [4.69, 9.17) is 14.2 Å². The molecule has 7 nitrogen and oxygen atoms in total. The maximum Gasteiger partial charge on any atom is 0.243 e. The molecule has 0 radical (unpaired) electrons. The highest BCUT2D eigenvalue weighted by Gasteiger charge is 2.36. The number of hydrazone groups is 1. The van der Waals surface area contributed by atoms with E-state index in [-0.39, 0.29) is 11.9 Å². The summed E-state index contributed by atoms with van der Waals surface area (Å²) in [5.74, 6) is 1.41. The van der Waals surface area contributed by atoms with Gasteiger partial charge in [0.05, 0.1) is 19.8 Å². The van der Waals surface area contributed by atoms with Crippen LogP contribution in [-0.4, -0.2) is 37.1 Å². The Morgan fingerprint density at radius 1 is 1.10 bits per heavy atom. The molecule has 160 valence electrons. The van der Waals surface area contributed by atoms with Crippen molar-refractivity contribution in [2.24, 2.45) is 5.10 Å². The zero-order valence-electron chi connectivity index (χ0n) is 18.0. The molecule has 3 aromatic carbocycles. The summed E-state index contributed by atoms with van der Waals surface area (Å²) in [5.41, 5.74) is 1.66. The van der Waals surface area contributed by atoms with Gasteiger partial charge in [0, 0.05) is 24.1 Å². The molecule has 1 N–H and O–H groups in total. The van der Waals surface area contributed by atoms with E-state index >= 15 is 0 Å². The largest absolute Gasteiger partial charge is 0.497 e. The van der Waals surface area contributed by atoms with E-state index in [0.717, 1.165) is 16.5 Å². The van der Waals surface area contributed by atoms with Crippen LogP contribution in [0.2, 0.25) is 0 Å². The minimum atomic E-state index is -0.717. The number of rotatable bonds is 6. The molecule has 1 aliphatic heterocycles. The Hall–Kier alpha value is -3.74. The molecule has 0 fully saturated rings. The second-order valence-corrected chi connectivity index (χ2v) is 7.27. The third-order valence-corrected chi connectivity index (χ3v) is 5.22. The summed E-state index contributed by atoms with van der Waals surface area (Å²) in [7, 11) is 3.15. The number of methoxy groups -OCH3 is 2. The lowest BCUT2D eigenvalue weighted by Crippen LogP contribution is -2.27. The Labute approximate surface area is 181 Å². The van der Waals surface area contributed by atoms with Crippen LogP contribution in [0.25, 0.3) is 10.8 Å². The van der Waals surface area contributed by atoms with Crippen molar-refractivity contribution in [2.75, 3.05) is 19.5 Å². The van der Waals surface area contributed by atoms with E-state index in [1.54, 1.807) is 26.4 Å². The number of hydrogen-bond donors (Lipinski definition) is 1. The second kappa shape index (κ2) is 8.55. The normalized spacial score (nSPS) is 16.5. The highest BCUT2D eigenvalue weighted by molar-refractivity contribution is 5.96. The van der Waals surface area contributed by atoms with Gasteiger partial charge in [-0.25, -0.2) is 0 Å².